The Hall–Kier alpha value is -4.06. The predicted octanol–water partition coefficient (Wildman–Crippen LogP) is 4.42. The number of rotatable bonds is 7. The molecule has 3 aromatic carbocycles. The summed E-state index contributed by atoms with van der Waals surface area (Å²) in [5.74, 6) is 0.261. The second-order valence-corrected chi connectivity index (χ2v) is 6.81. The SMILES string of the molecule is COc1ccc(C=C(NC(=O)c2ccccc2)C(=O)Nc2ccc(C)cc2)cc1OC. The fourth-order valence-electron chi connectivity index (χ4n) is 2.89. The molecule has 31 heavy (non-hydrogen) atoms. The summed E-state index contributed by atoms with van der Waals surface area (Å²) in [5, 5.41) is 5.54. The molecular weight excluding hydrogens is 392 g/mol. The Morgan fingerprint density at radius 1 is 0.839 bits per heavy atom. The second-order valence-electron chi connectivity index (χ2n) is 6.81. The maximum Gasteiger partial charge on any atom is 0.272 e. The van der Waals surface area contributed by atoms with Crippen LogP contribution in [0.25, 0.3) is 6.08 Å². The molecule has 0 atom stereocenters. The van der Waals surface area contributed by atoms with Crippen LogP contribution in [0.3, 0.4) is 0 Å². The zero-order valence-corrected chi connectivity index (χ0v) is 17.6. The number of carbonyl (C=O) groups is 2. The molecule has 0 bridgehead atoms. The van der Waals surface area contributed by atoms with Crippen LogP contribution in [-0.2, 0) is 4.79 Å². The van der Waals surface area contributed by atoms with Crippen molar-refractivity contribution < 1.29 is 19.1 Å². The molecular formula is C25H24N2O4. The molecule has 2 N–H and O–H groups in total. The number of ether oxygens (including phenoxy) is 2. The Bertz CT molecular complexity index is 1090. The van der Waals surface area contributed by atoms with Crippen molar-refractivity contribution in [2.24, 2.45) is 0 Å². The van der Waals surface area contributed by atoms with E-state index in [9.17, 15) is 9.59 Å². The monoisotopic (exact) mass is 416 g/mol. The summed E-state index contributed by atoms with van der Waals surface area (Å²) in [6, 6.07) is 21.4. The van der Waals surface area contributed by atoms with Gasteiger partial charge in [0.2, 0.25) is 0 Å². The molecule has 3 aromatic rings. The van der Waals surface area contributed by atoms with Gasteiger partial charge in [0.15, 0.2) is 11.5 Å². The maximum absolute atomic E-state index is 13.0. The van der Waals surface area contributed by atoms with E-state index in [0.29, 0.717) is 28.3 Å². The van der Waals surface area contributed by atoms with Gasteiger partial charge in [0, 0.05) is 11.3 Å². The first-order chi connectivity index (χ1) is 15.0. The van der Waals surface area contributed by atoms with Crippen molar-refractivity contribution in [1.82, 2.24) is 5.32 Å². The minimum atomic E-state index is -0.442. The van der Waals surface area contributed by atoms with Crippen LogP contribution < -0.4 is 20.1 Å². The lowest BCUT2D eigenvalue weighted by Crippen LogP contribution is -2.30. The molecule has 3 rings (SSSR count). The van der Waals surface area contributed by atoms with Crippen molar-refractivity contribution in [2.45, 2.75) is 6.92 Å². The van der Waals surface area contributed by atoms with Crippen LogP contribution in [0.2, 0.25) is 0 Å². The van der Waals surface area contributed by atoms with Gasteiger partial charge >= 0.3 is 0 Å². The number of anilines is 1. The third kappa shape index (κ3) is 5.73. The lowest BCUT2D eigenvalue weighted by molar-refractivity contribution is -0.113. The predicted molar refractivity (Wildman–Crippen MR) is 121 cm³/mol. The first-order valence-corrected chi connectivity index (χ1v) is 9.68. The molecule has 0 unspecified atom stereocenters. The van der Waals surface area contributed by atoms with Gasteiger partial charge in [-0.3, -0.25) is 9.59 Å². The van der Waals surface area contributed by atoms with Gasteiger partial charge < -0.3 is 20.1 Å². The largest absolute Gasteiger partial charge is 0.493 e. The minimum absolute atomic E-state index is 0.0987. The van der Waals surface area contributed by atoms with E-state index in [4.69, 9.17) is 9.47 Å². The number of hydrogen-bond acceptors (Lipinski definition) is 4. The van der Waals surface area contributed by atoms with Gasteiger partial charge in [-0.1, -0.05) is 42.0 Å². The van der Waals surface area contributed by atoms with Gasteiger partial charge in [-0.25, -0.2) is 0 Å². The van der Waals surface area contributed by atoms with Gasteiger partial charge in [-0.15, -0.1) is 0 Å². The van der Waals surface area contributed by atoms with Gasteiger partial charge in [0.05, 0.1) is 14.2 Å². The number of benzene rings is 3. The van der Waals surface area contributed by atoms with Crippen LogP contribution in [0.4, 0.5) is 5.69 Å². The van der Waals surface area contributed by atoms with Crippen molar-refractivity contribution in [3.05, 3.63) is 95.2 Å². The summed E-state index contributed by atoms with van der Waals surface area (Å²) in [6.07, 6.45) is 1.59. The molecule has 6 heteroatoms. The second kappa shape index (κ2) is 10.1. The Kier molecular flexibility index (Phi) is 7.06. The highest BCUT2D eigenvalue weighted by Gasteiger charge is 2.15. The number of aryl methyl sites for hydroxylation is 1. The van der Waals surface area contributed by atoms with E-state index in [-0.39, 0.29) is 11.6 Å². The van der Waals surface area contributed by atoms with Gasteiger partial charge in [0.1, 0.15) is 5.70 Å². The highest BCUT2D eigenvalue weighted by molar-refractivity contribution is 6.10. The normalized spacial score (nSPS) is 10.9. The topological polar surface area (TPSA) is 76.7 Å². The summed E-state index contributed by atoms with van der Waals surface area (Å²) in [5.41, 5.74) is 2.92. The van der Waals surface area contributed by atoms with E-state index in [0.717, 1.165) is 5.56 Å². The van der Waals surface area contributed by atoms with E-state index in [1.165, 1.54) is 7.11 Å². The van der Waals surface area contributed by atoms with Crippen LogP contribution >= 0.6 is 0 Å². The van der Waals surface area contributed by atoms with Crippen molar-refractivity contribution in [2.75, 3.05) is 19.5 Å². The minimum Gasteiger partial charge on any atom is -0.493 e. The average Bonchev–Trinajstić information content (AvgIpc) is 2.80. The molecule has 0 radical (unpaired) electrons. The molecule has 0 aromatic heterocycles. The van der Waals surface area contributed by atoms with E-state index in [1.807, 2.05) is 25.1 Å². The summed E-state index contributed by atoms with van der Waals surface area (Å²) in [4.78, 5) is 25.7. The highest BCUT2D eigenvalue weighted by atomic mass is 16.5. The molecule has 0 aliphatic rings. The summed E-state index contributed by atoms with van der Waals surface area (Å²) >= 11 is 0. The van der Waals surface area contributed by atoms with E-state index < -0.39 is 5.91 Å². The number of amides is 2. The molecule has 0 saturated carbocycles. The maximum atomic E-state index is 13.0. The third-order valence-electron chi connectivity index (χ3n) is 4.56. The van der Waals surface area contributed by atoms with Crippen LogP contribution in [0, 0.1) is 6.92 Å². The molecule has 0 spiro atoms. The zero-order valence-electron chi connectivity index (χ0n) is 17.6. The first kappa shape index (κ1) is 21.6. The van der Waals surface area contributed by atoms with Crippen LogP contribution in [0.15, 0.2) is 78.5 Å². The number of hydrogen-bond donors (Lipinski definition) is 2. The Morgan fingerprint density at radius 3 is 2.16 bits per heavy atom. The van der Waals surface area contributed by atoms with Crippen molar-refractivity contribution in [1.29, 1.82) is 0 Å². The lowest BCUT2D eigenvalue weighted by atomic mass is 10.1. The Balaban J connectivity index is 1.92. The van der Waals surface area contributed by atoms with Crippen molar-refractivity contribution >= 4 is 23.6 Å². The Labute approximate surface area is 181 Å². The number of methoxy groups -OCH3 is 2. The Morgan fingerprint density at radius 2 is 1.52 bits per heavy atom. The van der Waals surface area contributed by atoms with E-state index >= 15 is 0 Å². The van der Waals surface area contributed by atoms with Crippen molar-refractivity contribution in [3.8, 4) is 11.5 Å². The fourth-order valence-corrected chi connectivity index (χ4v) is 2.89. The zero-order chi connectivity index (χ0) is 22.2. The lowest BCUT2D eigenvalue weighted by Gasteiger charge is -2.12. The van der Waals surface area contributed by atoms with Crippen LogP contribution in [0.1, 0.15) is 21.5 Å². The molecule has 0 aliphatic carbocycles. The van der Waals surface area contributed by atoms with Crippen LogP contribution in [-0.4, -0.2) is 26.0 Å². The molecule has 158 valence electrons. The van der Waals surface area contributed by atoms with E-state index in [1.54, 1.807) is 67.8 Å². The van der Waals surface area contributed by atoms with Crippen molar-refractivity contribution in [3.63, 3.8) is 0 Å². The van der Waals surface area contributed by atoms with Gasteiger partial charge in [-0.05, 0) is 55.0 Å². The van der Waals surface area contributed by atoms with Crippen LogP contribution in [0.5, 0.6) is 11.5 Å². The van der Waals surface area contributed by atoms with Gasteiger partial charge in [-0.2, -0.15) is 0 Å². The molecule has 2 amide bonds. The average molecular weight is 416 g/mol. The molecule has 0 fully saturated rings. The molecule has 6 nitrogen and oxygen atoms in total. The molecule has 0 saturated heterocycles. The summed E-state index contributed by atoms with van der Waals surface area (Å²) in [6.45, 7) is 1.97. The standard InChI is InChI=1S/C25H24N2O4/c1-17-9-12-20(13-10-17)26-25(29)21(27-24(28)19-7-5-4-6-8-19)15-18-11-14-22(30-2)23(16-18)31-3/h4-16H,1-3H3,(H,26,29)(H,27,28). The smallest absolute Gasteiger partial charge is 0.272 e. The summed E-state index contributed by atoms with van der Waals surface area (Å²) in [7, 11) is 3.08. The number of nitrogens with one attached hydrogen (secondary N) is 2. The number of carbonyl (C=O) groups excluding carboxylic acids is 2. The highest BCUT2D eigenvalue weighted by Crippen LogP contribution is 2.28. The quantitative estimate of drug-likeness (QED) is 0.559. The molecule has 0 heterocycles. The van der Waals surface area contributed by atoms with Gasteiger partial charge in [0.25, 0.3) is 11.8 Å². The van der Waals surface area contributed by atoms with E-state index in [2.05, 4.69) is 10.6 Å². The molecule has 0 aliphatic heterocycles. The summed E-state index contributed by atoms with van der Waals surface area (Å²) < 4.78 is 10.6. The first-order valence-electron chi connectivity index (χ1n) is 9.68. The fraction of sp³-hybridized carbons (Fsp3) is 0.120. The third-order valence-corrected chi connectivity index (χ3v) is 4.56.